The van der Waals surface area contributed by atoms with Gasteiger partial charge in [0.2, 0.25) is 5.95 Å². The Labute approximate surface area is 204 Å². The SMILES string of the molecule is CN1CCN(c2ccc(Nc3ncc4cc(C(=O)N(C)C)c(=O)n(C5CCCC5)c4n3)nc2)CC1. The van der Waals surface area contributed by atoms with Gasteiger partial charge >= 0.3 is 0 Å². The lowest BCUT2D eigenvalue weighted by molar-refractivity contribution is 0.0825. The van der Waals surface area contributed by atoms with Crippen molar-refractivity contribution in [2.75, 3.05) is 57.5 Å². The first-order valence-corrected chi connectivity index (χ1v) is 12.2. The Bertz CT molecular complexity index is 1270. The third kappa shape index (κ3) is 4.70. The molecule has 3 aromatic rings. The van der Waals surface area contributed by atoms with Crippen LogP contribution in [0.4, 0.5) is 17.5 Å². The number of nitrogens with zero attached hydrogens (tertiary/aromatic N) is 7. The number of pyridine rings is 2. The minimum atomic E-state index is -0.310. The van der Waals surface area contributed by atoms with E-state index in [9.17, 15) is 9.59 Å². The third-order valence-corrected chi connectivity index (χ3v) is 6.96. The number of likely N-dealkylation sites (N-methyl/N-ethyl adjacent to an activating group) is 1. The summed E-state index contributed by atoms with van der Waals surface area (Å²) in [7, 11) is 5.44. The second kappa shape index (κ2) is 9.61. The van der Waals surface area contributed by atoms with Crippen molar-refractivity contribution in [3.63, 3.8) is 0 Å². The molecule has 0 atom stereocenters. The Balaban J connectivity index is 1.46. The predicted octanol–water partition coefficient (Wildman–Crippen LogP) is 2.50. The van der Waals surface area contributed by atoms with Crippen molar-refractivity contribution in [1.29, 1.82) is 0 Å². The number of hydrogen-bond acceptors (Lipinski definition) is 8. The zero-order valence-corrected chi connectivity index (χ0v) is 20.6. The summed E-state index contributed by atoms with van der Waals surface area (Å²) in [5, 5.41) is 3.85. The fourth-order valence-electron chi connectivity index (χ4n) is 4.90. The number of aromatic nitrogens is 4. The molecule has 1 amide bonds. The van der Waals surface area contributed by atoms with E-state index < -0.39 is 0 Å². The summed E-state index contributed by atoms with van der Waals surface area (Å²) in [4.78, 5) is 45.9. The minimum Gasteiger partial charge on any atom is -0.368 e. The molecule has 0 aromatic carbocycles. The zero-order chi connectivity index (χ0) is 24.5. The molecule has 0 radical (unpaired) electrons. The normalized spacial score (nSPS) is 17.2. The summed E-state index contributed by atoms with van der Waals surface area (Å²) in [6.07, 6.45) is 7.45. The number of hydrogen-bond donors (Lipinski definition) is 1. The van der Waals surface area contributed by atoms with Crippen LogP contribution in [0.5, 0.6) is 0 Å². The van der Waals surface area contributed by atoms with E-state index in [-0.39, 0.29) is 23.1 Å². The van der Waals surface area contributed by atoms with Crippen molar-refractivity contribution >= 4 is 34.4 Å². The van der Waals surface area contributed by atoms with Crippen LogP contribution in [0.2, 0.25) is 0 Å². The van der Waals surface area contributed by atoms with Gasteiger partial charge in [-0.1, -0.05) is 12.8 Å². The third-order valence-electron chi connectivity index (χ3n) is 6.96. The molecule has 35 heavy (non-hydrogen) atoms. The van der Waals surface area contributed by atoms with Gasteiger partial charge in [0.05, 0.1) is 11.9 Å². The molecule has 1 aliphatic carbocycles. The fraction of sp³-hybridized carbons (Fsp3) is 0.480. The molecule has 4 heterocycles. The van der Waals surface area contributed by atoms with E-state index in [4.69, 9.17) is 4.98 Å². The van der Waals surface area contributed by atoms with Gasteiger partial charge in [-0.25, -0.2) is 9.97 Å². The highest BCUT2D eigenvalue weighted by atomic mass is 16.2. The van der Waals surface area contributed by atoms with Gasteiger partial charge in [0, 0.05) is 57.9 Å². The molecule has 10 heteroatoms. The number of carbonyl (C=O) groups excluding carboxylic acids is 1. The van der Waals surface area contributed by atoms with E-state index >= 15 is 0 Å². The quantitative estimate of drug-likeness (QED) is 0.600. The van der Waals surface area contributed by atoms with E-state index in [2.05, 4.69) is 38.2 Å². The predicted molar refractivity (Wildman–Crippen MR) is 137 cm³/mol. The zero-order valence-electron chi connectivity index (χ0n) is 20.6. The molecule has 2 aliphatic rings. The first-order chi connectivity index (χ1) is 16.9. The largest absolute Gasteiger partial charge is 0.368 e. The van der Waals surface area contributed by atoms with Gasteiger partial charge in [-0.15, -0.1) is 0 Å². The number of rotatable bonds is 5. The highest BCUT2D eigenvalue weighted by Crippen LogP contribution is 2.31. The molecule has 1 saturated carbocycles. The molecule has 10 nitrogen and oxygen atoms in total. The maximum atomic E-state index is 13.4. The van der Waals surface area contributed by atoms with E-state index in [0.29, 0.717) is 22.8 Å². The highest BCUT2D eigenvalue weighted by molar-refractivity contribution is 5.96. The average Bonchev–Trinajstić information content (AvgIpc) is 3.39. The Morgan fingerprint density at radius 3 is 2.46 bits per heavy atom. The van der Waals surface area contributed by atoms with Crippen LogP contribution in [0.15, 0.2) is 35.4 Å². The van der Waals surface area contributed by atoms with Crippen LogP contribution in [0, 0.1) is 0 Å². The van der Waals surface area contributed by atoms with Crippen LogP contribution < -0.4 is 15.8 Å². The van der Waals surface area contributed by atoms with Gasteiger partial charge in [-0.2, -0.15) is 4.98 Å². The number of amides is 1. The molecule has 1 saturated heterocycles. The summed E-state index contributed by atoms with van der Waals surface area (Å²) in [5.41, 5.74) is 1.50. The van der Waals surface area contributed by atoms with Crippen LogP contribution >= 0.6 is 0 Å². The average molecular weight is 477 g/mol. The first kappa shape index (κ1) is 23.2. The van der Waals surface area contributed by atoms with Crippen LogP contribution in [0.25, 0.3) is 11.0 Å². The second-order valence-corrected chi connectivity index (χ2v) is 9.66. The minimum absolute atomic E-state index is 0.0312. The molecule has 0 unspecified atom stereocenters. The summed E-state index contributed by atoms with van der Waals surface area (Å²) in [6.45, 7) is 4.04. The number of anilines is 3. The van der Waals surface area contributed by atoms with Gasteiger partial charge in [-0.05, 0) is 38.1 Å². The second-order valence-electron chi connectivity index (χ2n) is 9.66. The molecule has 3 aromatic heterocycles. The molecule has 1 N–H and O–H groups in total. The molecule has 0 spiro atoms. The van der Waals surface area contributed by atoms with Crippen LogP contribution in [-0.4, -0.2) is 82.5 Å². The van der Waals surface area contributed by atoms with Crippen LogP contribution in [0.1, 0.15) is 42.1 Å². The van der Waals surface area contributed by atoms with E-state index in [1.165, 1.54) is 4.90 Å². The van der Waals surface area contributed by atoms with Crippen LogP contribution in [-0.2, 0) is 0 Å². The Hall–Kier alpha value is -3.53. The molecule has 1 aliphatic heterocycles. The van der Waals surface area contributed by atoms with E-state index in [1.54, 1.807) is 30.9 Å². The van der Waals surface area contributed by atoms with Crippen molar-refractivity contribution in [1.82, 2.24) is 29.3 Å². The molecular formula is C25H32N8O2. The van der Waals surface area contributed by atoms with Gasteiger partial charge < -0.3 is 20.0 Å². The van der Waals surface area contributed by atoms with Crippen molar-refractivity contribution in [2.24, 2.45) is 0 Å². The number of fused-ring (bicyclic) bond motifs is 1. The Morgan fingerprint density at radius 2 is 1.80 bits per heavy atom. The monoisotopic (exact) mass is 476 g/mol. The molecule has 0 bridgehead atoms. The fourth-order valence-corrected chi connectivity index (χ4v) is 4.90. The lowest BCUT2D eigenvalue weighted by atomic mass is 10.1. The van der Waals surface area contributed by atoms with E-state index in [1.807, 2.05) is 12.3 Å². The Kier molecular flexibility index (Phi) is 6.38. The Morgan fingerprint density at radius 1 is 1.06 bits per heavy atom. The molecule has 184 valence electrons. The van der Waals surface area contributed by atoms with Gasteiger partial charge in [0.1, 0.15) is 17.0 Å². The summed E-state index contributed by atoms with van der Waals surface area (Å²) in [6, 6.07) is 5.61. The maximum absolute atomic E-state index is 13.4. The van der Waals surface area contributed by atoms with Crippen LogP contribution in [0.3, 0.4) is 0 Å². The first-order valence-electron chi connectivity index (χ1n) is 12.2. The number of nitrogens with one attached hydrogen (secondary N) is 1. The summed E-state index contributed by atoms with van der Waals surface area (Å²) < 4.78 is 1.70. The van der Waals surface area contributed by atoms with Gasteiger partial charge in [0.25, 0.3) is 11.5 Å². The molecule has 5 rings (SSSR count). The number of carbonyl (C=O) groups is 1. The van der Waals surface area contributed by atoms with Crippen molar-refractivity contribution in [3.8, 4) is 0 Å². The van der Waals surface area contributed by atoms with Crippen molar-refractivity contribution in [3.05, 3.63) is 46.5 Å². The topological polar surface area (TPSA) is 99.5 Å². The van der Waals surface area contributed by atoms with Crippen molar-refractivity contribution < 1.29 is 4.79 Å². The van der Waals surface area contributed by atoms with E-state index in [0.717, 1.165) is 57.5 Å². The van der Waals surface area contributed by atoms with Gasteiger partial charge in [-0.3, -0.25) is 14.2 Å². The highest BCUT2D eigenvalue weighted by Gasteiger charge is 2.25. The molecular weight excluding hydrogens is 444 g/mol. The maximum Gasteiger partial charge on any atom is 0.265 e. The molecule has 2 fully saturated rings. The lowest BCUT2D eigenvalue weighted by Crippen LogP contribution is -2.44. The summed E-state index contributed by atoms with van der Waals surface area (Å²) in [5.74, 6) is 0.696. The smallest absolute Gasteiger partial charge is 0.265 e. The van der Waals surface area contributed by atoms with Crippen molar-refractivity contribution in [2.45, 2.75) is 31.7 Å². The van der Waals surface area contributed by atoms with Gasteiger partial charge in [0.15, 0.2) is 0 Å². The number of piperazine rings is 1. The summed E-state index contributed by atoms with van der Waals surface area (Å²) >= 11 is 0. The lowest BCUT2D eigenvalue weighted by Gasteiger charge is -2.33. The standard InChI is InChI=1S/C25H32N8O2/c1-30(2)23(34)20-14-17-15-27-25(29-22(17)33(24(20)35)18-6-4-5-7-18)28-21-9-8-19(16-26-21)32-12-10-31(3)11-13-32/h8-9,14-16,18H,4-7,10-13H2,1-3H3,(H,26,27,28,29).